The molecule has 7 heteroatoms. The fourth-order valence-electron chi connectivity index (χ4n) is 2.65. The van der Waals surface area contributed by atoms with Crippen molar-refractivity contribution in [2.45, 2.75) is 20.8 Å². The van der Waals surface area contributed by atoms with Gasteiger partial charge in [0.05, 0.1) is 4.88 Å². The highest BCUT2D eigenvalue weighted by atomic mass is 32.1. The Morgan fingerprint density at radius 1 is 0.833 bits per heavy atom. The summed E-state index contributed by atoms with van der Waals surface area (Å²) < 4.78 is 0. The van der Waals surface area contributed by atoms with E-state index in [4.69, 9.17) is 0 Å². The van der Waals surface area contributed by atoms with E-state index in [-0.39, 0.29) is 23.6 Å². The topological polar surface area (TPSA) is 87.3 Å². The summed E-state index contributed by atoms with van der Waals surface area (Å²) in [6.07, 6.45) is 0. The molecule has 6 nitrogen and oxygen atoms in total. The van der Waals surface area contributed by atoms with Crippen molar-refractivity contribution in [2.24, 2.45) is 5.92 Å². The Morgan fingerprint density at radius 2 is 1.60 bits per heavy atom. The van der Waals surface area contributed by atoms with Gasteiger partial charge in [-0.3, -0.25) is 14.4 Å². The minimum absolute atomic E-state index is 0.0923. The third kappa shape index (κ3) is 5.33. The summed E-state index contributed by atoms with van der Waals surface area (Å²) >= 11 is 1.35. The molecular formula is C23H23N3O3S. The first-order valence-corrected chi connectivity index (χ1v) is 10.4. The number of carbonyl (C=O) groups is 3. The number of amides is 3. The van der Waals surface area contributed by atoms with Crippen LogP contribution in [0.25, 0.3) is 0 Å². The maximum atomic E-state index is 12.8. The van der Waals surface area contributed by atoms with E-state index < -0.39 is 0 Å². The van der Waals surface area contributed by atoms with Crippen LogP contribution in [0.5, 0.6) is 0 Å². The van der Waals surface area contributed by atoms with Crippen molar-refractivity contribution < 1.29 is 14.4 Å². The molecule has 1 heterocycles. The van der Waals surface area contributed by atoms with E-state index in [0.29, 0.717) is 27.5 Å². The summed E-state index contributed by atoms with van der Waals surface area (Å²) in [7, 11) is 0. The molecule has 0 radical (unpaired) electrons. The maximum Gasteiger partial charge on any atom is 0.265 e. The molecule has 3 rings (SSSR count). The van der Waals surface area contributed by atoms with Crippen LogP contribution in [0.4, 0.5) is 17.1 Å². The van der Waals surface area contributed by atoms with Gasteiger partial charge in [0, 0.05) is 28.5 Å². The van der Waals surface area contributed by atoms with Gasteiger partial charge >= 0.3 is 0 Å². The van der Waals surface area contributed by atoms with Crippen molar-refractivity contribution >= 4 is 46.1 Å². The van der Waals surface area contributed by atoms with E-state index in [1.165, 1.54) is 11.3 Å². The molecule has 154 valence electrons. The van der Waals surface area contributed by atoms with Gasteiger partial charge in [-0.15, -0.1) is 11.3 Å². The highest BCUT2D eigenvalue weighted by molar-refractivity contribution is 7.12. The summed E-state index contributed by atoms with van der Waals surface area (Å²) in [5, 5.41) is 10.3. The fraction of sp³-hybridized carbons (Fsp3) is 0.174. The molecule has 2 aromatic carbocycles. The predicted molar refractivity (Wildman–Crippen MR) is 121 cm³/mol. The molecule has 0 fully saturated rings. The number of rotatable bonds is 6. The molecule has 0 unspecified atom stereocenters. The monoisotopic (exact) mass is 421 g/mol. The van der Waals surface area contributed by atoms with Gasteiger partial charge in [0.1, 0.15) is 0 Å². The zero-order valence-corrected chi connectivity index (χ0v) is 17.8. The zero-order chi connectivity index (χ0) is 21.7. The molecule has 3 N–H and O–H groups in total. The molecule has 0 bridgehead atoms. The molecule has 0 saturated heterocycles. The molecule has 0 aliphatic rings. The van der Waals surface area contributed by atoms with E-state index in [1.807, 2.05) is 38.3 Å². The first kappa shape index (κ1) is 21.3. The second-order valence-electron chi connectivity index (χ2n) is 7.14. The van der Waals surface area contributed by atoms with Gasteiger partial charge in [-0.1, -0.05) is 32.0 Å². The van der Waals surface area contributed by atoms with Crippen LogP contribution in [0.3, 0.4) is 0 Å². The summed E-state index contributed by atoms with van der Waals surface area (Å²) in [5.74, 6) is -0.758. The number of benzene rings is 2. The van der Waals surface area contributed by atoms with Gasteiger partial charge in [-0.2, -0.15) is 0 Å². The number of thiophene rings is 1. The van der Waals surface area contributed by atoms with Gasteiger partial charge in [0.2, 0.25) is 5.91 Å². The number of hydrogen-bond acceptors (Lipinski definition) is 4. The van der Waals surface area contributed by atoms with Gasteiger partial charge < -0.3 is 16.0 Å². The van der Waals surface area contributed by atoms with E-state index >= 15 is 0 Å². The van der Waals surface area contributed by atoms with Gasteiger partial charge in [0.25, 0.3) is 11.8 Å². The van der Waals surface area contributed by atoms with Crippen molar-refractivity contribution in [1.29, 1.82) is 0 Å². The Hall–Kier alpha value is -3.45. The van der Waals surface area contributed by atoms with E-state index in [1.54, 1.807) is 42.5 Å². The molecular weight excluding hydrogens is 398 g/mol. The SMILES string of the molecule is Cc1ccc(NC(=O)C(C)C)cc1NC(=O)c1cccc(NC(=O)c2cccs2)c1. The lowest BCUT2D eigenvalue weighted by molar-refractivity contribution is -0.118. The quantitative estimate of drug-likeness (QED) is 0.514. The van der Waals surface area contributed by atoms with Crippen LogP contribution in [0.2, 0.25) is 0 Å². The van der Waals surface area contributed by atoms with Crippen molar-refractivity contribution in [3.05, 3.63) is 76.0 Å². The number of hydrogen-bond donors (Lipinski definition) is 3. The van der Waals surface area contributed by atoms with Gasteiger partial charge in [-0.05, 0) is 54.3 Å². The highest BCUT2D eigenvalue weighted by Crippen LogP contribution is 2.22. The molecule has 0 spiro atoms. The average Bonchev–Trinajstić information content (AvgIpc) is 3.25. The lowest BCUT2D eigenvalue weighted by atomic mass is 10.1. The number of aryl methyl sites for hydroxylation is 1. The number of anilines is 3. The smallest absolute Gasteiger partial charge is 0.265 e. The Morgan fingerprint density at radius 3 is 2.30 bits per heavy atom. The maximum absolute atomic E-state index is 12.8. The molecule has 0 aliphatic heterocycles. The highest BCUT2D eigenvalue weighted by Gasteiger charge is 2.13. The molecule has 3 aromatic rings. The minimum Gasteiger partial charge on any atom is -0.326 e. The average molecular weight is 422 g/mol. The fourth-order valence-corrected chi connectivity index (χ4v) is 3.27. The van der Waals surface area contributed by atoms with Crippen molar-refractivity contribution in [2.75, 3.05) is 16.0 Å². The first-order valence-electron chi connectivity index (χ1n) is 9.51. The summed E-state index contributed by atoms with van der Waals surface area (Å²) in [5.41, 5.74) is 3.04. The number of carbonyl (C=O) groups excluding carboxylic acids is 3. The third-order valence-corrected chi connectivity index (χ3v) is 5.27. The zero-order valence-electron chi connectivity index (χ0n) is 17.0. The molecule has 3 amide bonds. The van der Waals surface area contributed by atoms with Crippen LogP contribution in [-0.2, 0) is 4.79 Å². The van der Waals surface area contributed by atoms with E-state index in [2.05, 4.69) is 16.0 Å². The normalized spacial score (nSPS) is 10.5. The van der Waals surface area contributed by atoms with Gasteiger partial charge in [-0.25, -0.2) is 0 Å². The summed E-state index contributed by atoms with van der Waals surface area (Å²) in [4.78, 5) is 37.5. The standard InChI is InChI=1S/C23H23N3O3S/c1-14(2)21(27)24-18-10-9-15(3)19(13-18)26-22(28)16-6-4-7-17(12-16)25-23(29)20-8-5-11-30-20/h4-14H,1-3H3,(H,24,27)(H,25,29)(H,26,28). The first-order chi connectivity index (χ1) is 14.3. The Bertz CT molecular complexity index is 1080. The Kier molecular flexibility index (Phi) is 6.64. The van der Waals surface area contributed by atoms with Crippen LogP contribution in [0, 0.1) is 12.8 Å². The molecule has 30 heavy (non-hydrogen) atoms. The largest absolute Gasteiger partial charge is 0.326 e. The van der Waals surface area contributed by atoms with Crippen molar-refractivity contribution in [1.82, 2.24) is 0 Å². The summed E-state index contributed by atoms with van der Waals surface area (Å²) in [6, 6.07) is 15.7. The predicted octanol–water partition coefficient (Wildman–Crippen LogP) is 5.16. The van der Waals surface area contributed by atoms with Crippen LogP contribution >= 0.6 is 11.3 Å². The summed E-state index contributed by atoms with van der Waals surface area (Å²) in [6.45, 7) is 5.51. The Balaban J connectivity index is 1.73. The second-order valence-corrected chi connectivity index (χ2v) is 8.09. The van der Waals surface area contributed by atoms with Crippen LogP contribution in [-0.4, -0.2) is 17.7 Å². The van der Waals surface area contributed by atoms with Crippen LogP contribution < -0.4 is 16.0 Å². The van der Waals surface area contributed by atoms with Crippen molar-refractivity contribution in [3.8, 4) is 0 Å². The Labute approximate surface area is 179 Å². The molecule has 0 saturated carbocycles. The second kappa shape index (κ2) is 9.37. The number of nitrogens with one attached hydrogen (secondary N) is 3. The van der Waals surface area contributed by atoms with E-state index in [0.717, 1.165) is 5.56 Å². The van der Waals surface area contributed by atoms with Crippen molar-refractivity contribution in [3.63, 3.8) is 0 Å². The van der Waals surface area contributed by atoms with Gasteiger partial charge in [0.15, 0.2) is 0 Å². The van der Waals surface area contributed by atoms with Crippen LogP contribution in [0.1, 0.15) is 39.4 Å². The lowest BCUT2D eigenvalue weighted by Crippen LogP contribution is -2.18. The molecule has 0 aliphatic carbocycles. The van der Waals surface area contributed by atoms with E-state index in [9.17, 15) is 14.4 Å². The molecule has 0 atom stereocenters. The minimum atomic E-state index is -0.308. The molecule has 1 aromatic heterocycles. The van der Waals surface area contributed by atoms with Crippen LogP contribution in [0.15, 0.2) is 60.0 Å². The lowest BCUT2D eigenvalue weighted by Gasteiger charge is -2.13. The third-order valence-electron chi connectivity index (χ3n) is 4.41.